The van der Waals surface area contributed by atoms with Gasteiger partial charge in [0.15, 0.2) is 5.78 Å². The first-order chi connectivity index (χ1) is 9.67. The molecule has 2 aliphatic heterocycles. The van der Waals surface area contributed by atoms with Crippen molar-refractivity contribution in [3.63, 3.8) is 0 Å². The van der Waals surface area contributed by atoms with Gasteiger partial charge in [0.05, 0.1) is 11.6 Å². The summed E-state index contributed by atoms with van der Waals surface area (Å²) in [5, 5.41) is 0. The van der Waals surface area contributed by atoms with Crippen LogP contribution in [0, 0.1) is 5.92 Å². The molecule has 2 N–H and O–H groups in total. The molecule has 0 radical (unpaired) electrons. The van der Waals surface area contributed by atoms with Crippen molar-refractivity contribution in [1.29, 1.82) is 0 Å². The van der Waals surface area contributed by atoms with E-state index in [1.165, 1.54) is 0 Å². The second-order valence-electron chi connectivity index (χ2n) is 5.98. The Balaban J connectivity index is 1.86. The van der Waals surface area contributed by atoms with Gasteiger partial charge in [0.2, 0.25) is 0 Å². The number of hydrogen-bond donors (Lipinski definition) is 1. The normalized spacial score (nSPS) is 27.4. The van der Waals surface area contributed by atoms with Gasteiger partial charge in [-0.1, -0.05) is 0 Å². The first-order valence-corrected chi connectivity index (χ1v) is 7.67. The second-order valence-corrected chi connectivity index (χ2v) is 5.98. The van der Waals surface area contributed by atoms with E-state index in [0.717, 1.165) is 45.3 Å². The van der Waals surface area contributed by atoms with Crippen LogP contribution in [0.15, 0.2) is 0 Å². The summed E-state index contributed by atoms with van der Waals surface area (Å²) in [6.07, 6.45) is 4.96. The lowest BCUT2D eigenvalue weighted by Crippen LogP contribution is -2.48. The van der Waals surface area contributed by atoms with E-state index in [4.69, 9.17) is 19.9 Å². The zero-order chi connectivity index (χ0) is 14.4. The van der Waals surface area contributed by atoms with Crippen LogP contribution < -0.4 is 5.73 Å². The summed E-state index contributed by atoms with van der Waals surface area (Å²) >= 11 is 0. The molecule has 0 aliphatic carbocycles. The van der Waals surface area contributed by atoms with Gasteiger partial charge in [0.25, 0.3) is 0 Å². The van der Waals surface area contributed by atoms with Gasteiger partial charge in [-0.2, -0.15) is 0 Å². The van der Waals surface area contributed by atoms with Gasteiger partial charge in [-0.05, 0) is 38.5 Å². The Morgan fingerprint density at radius 1 is 1.40 bits per heavy atom. The van der Waals surface area contributed by atoms with Crippen LogP contribution in [0.2, 0.25) is 0 Å². The SMILES string of the molecule is COCCCC(N)C(=O)C1CCOC2(CCOCC2)C1. The zero-order valence-electron chi connectivity index (χ0n) is 12.4. The molecule has 2 saturated heterocycles. The molecule has 1 spiro atoms. The van der Waals surface area contributed by atoms with Gasteiger partial charge in [0, 0.05) is 39.5 Å². The van der Waals surface area contributed by atoms with Crippen LogP contribution in [0.5, 0.6) is 0 Å². The Labute approximate surface area is 121 Å². The Morgan fingerprint density at radius 3 is 2.85 bits per heavy atom. The van der Waals surface area contributed by atoms with Gasteiger partial charge < -0.3 is 19.9 Å². The van der Waals surface area contributed by atoms with Crippen molar-refractivity contribution in [2.45, 2.75) is 50.2 Å². The van der Waals surface area contributed by atoms with E-state index in [-0.39, 0.29) is 23.3 Å². The Bertz CT molecular complexity index is 309. The monoisotopic (exact) mass is 285 g/mol. The van der Waals surface area contributed by atoms with Gasteiger partial charge >= 0.3 is 0 Å². The van der Waals surface area contributed by atoms with Crippen molar-refractivity contribution in [2.24, 2.45) is 11.7 Å². The number of ketones is 1. The lowest BCUT2D eigenvalue weighted by molar-refractivity contribution is -0.157. The van der Waals surface area contributed by atoms with Crippen LogP contribution in [0.1, 0.15) is 38.5 Å². The predicted molar refractivity (Wildman–Crippen MR) is 75.6 cm³/mol. The summed E-state index contributed by atoms with van der Waals surface area (Å²) < 4.78 is 16.4. The molecule has 116 valence electrons. The molecule has 2 unspecified atom stereocenters. The maximum atomic E-state index is 12.5. The highest BCUT2D eigenvalue weighted by atomic mass is 16.5. The van der Waals surface area contributed by atoms with Crippen LogP contribution in [0.3, 0.4) is 0 Å². The van der Waals surface area contributed by atoms with E-state index in [2.05, 4.69) is 0 Å². The summed E-state index contributed by atoms with van der Waals surface area (Å²) in [4.78, 5) is 12.5. The Morgan fingerprint density at radius 2 is 2.15 bits per heavy atom. The topological polar surface area (TPSA) is 70.8 Å². The molecule has 0 saturated carbocycles. The van der Waals surface area contributed by atoms with Crippen molar-refractivity contribution in [1.82, 2.24) is 0 Å². The van der Waals surface area contributed by atoms with Crippen molar-refractivity contribution >= 4 is 5.78 Å². The first kappa shape index (κ1) is 15.9. The molecule has 2 heterocycles. The summed E-state index contributed by atoms with van der Waals surface area (Å²) in [5.74, 6) is 0.259. The molecule has 5 heteroatoms. The molecule has 0 aromatic rings. The average Bonchev–Trinajstić information content (AvgIpc) is 2.47. The maximum Gasteiger partial charge on any atom is 0.152 e. The third kappa shape index (κ3) is 4.01. The minimum atomic E-state index is -0.356. The van der Waals surface area contributed by atoms with Crippen molar-refractivity contribution in [3.05, 3.63) is 0 Å². The predicted octanol–water partition coefficient (Wildman–Crippen LogP) is 1.29. The lowest BCUT2D eigenvalue weighted by atomic mass is 9.77. The van der Waals surface area contributed by atoms with Crippen LogP contribution >= 0.6 is 0 Å². The number of carbonyl (C=O) groups is 1. The van der Waals surface area contributed by atoms with Crippen LogP contribution in [0.25, 0.3) is 0 Å². The maximum absolute atomic E-state index is 12.5. The fourth-order valence-electron chi connectivity index (χ4n) is 3.26. The van der Waals surface area contributed by atoms with Gasteiger partial charge in [-0.15, -0.1) is 0 Å². The summed E-state index contributed by atoms with van der Waals surface area (Å²) in [5.41, 5.74) is 5.90. The summed E-state index contributed by atoms with van der Waals surface area (Å²) in [6, 6.07) is -0.356. The van der Waals surface area contributed by atoms with E-state index < -0.39 is 0 Å². The third-order valence-electron chi connectivity index (χ3n) is 4.53. The van der Waals surface area contributed by atoms with E-state index in [9.17, 15) is 4.79 Å². The molecule has 0 aromatic carbocycles. The summed E-state index contributed by atoms with van der Waals surface area (Å²) in [7, 11) is 1.67. The number of carbonyl (C=O) groups excluding carboxylic acids is 1. The quantitative estimate of drug-likeness (QED) is 0.745. The molecule has 0 aromatic heterocycles. The van der Waals surface area contributed by atoms with Crippen LogP contribution in [0.4, 0.5) is 0 Å². The standard InChI is InChI=1S/C15H27NO4/c1-18-7-2-3-13(16)14(17)12-4-8-20-15(11-12)5-9-19-10-6-15/h12-13H,2-11,16H2,1H3. The molecule has 0 amide bonds. The van der Waals surface area contributed by atoms with E-state index in [1.54, 1.807) is 7.11 Å². The smallest absolute Gasteiger partial charge is 0.152 e. The van der Waals surface area contributed by atoms with E-state index in [1.807, 2.05) is 0 Å². The highest BCUT2D eigenvalue weighted by molar-refractivity contribution is 5.86. The number of Topliss-reactive ketones (excluding diaryl/α,β-unsaturated/α-hetero) is 1. The fraction of sp³-hybridized carbons (Fsp3) is 0.933. The Kier molecular flexibility index (Phi) is 5.96. The molecule has 20 heavy (non-hydrogen) atoms. The van der Waals surface area contributed by atoms with Crippen molar-refractivity contribution in [2.75, 3.05) is 33.5 Å². The second kappa shape index (κ2) is 7.50. The molecule has 2 aliphatic rings. The minimum Gasteiger partial charge on any atom is -0.385 e. The van der Waals surface area contributed by atoms with Gasteiger partial charge in [-0.25, -0.2) is 0 Å². The highest BCUT2D eigenvalue weighted by Crippen LogP contribution is 2.37. The fourth-order valence-corrected chi connectivity index (χ4v) is 3.26. The van der Waals surface area contributed by atoms with Gasteiger partial charge in [-0.3, -0.25) is 4.79 Å². The number of hydrogen-bond acceptors (Lipinski definition) is 5. The average molecular weight is 285 g/mol. The van der Waals surface area contributed by atoms with E-state index in [0.29, 0.717) is 19.6 Å². The third-order valence-corrected chi connectivity index (χ3v) is 4.53. The number of rotatable bonds is 6. The molecule has 2 rings (SSSR count). The minimum absolute atomic E-state index is 0.0550. The highest BCUT2D eigenvalue weighted by Gasteiger charge is 2.41. The van der Waals surface area contributed by atoms with Crippen molar-refractivity contribution < 1.29 is 19.0 Å². The largest absolute Gasteiger partial charge is 0.385 e. The molecule has 2 atom stereocenters. The zero-order valence-corrected chi connectivity index (χ0v) is 12.4. The molecule has 5 nitrogen and oxygen atoms in total. The van der Waals surface area contributed by atoms with Crippen LogP contribution in [-0.2, 0) is 19.0 Å². The van der Waals surface area contributed by atoms with Crippen LogP contribution in [-0.4, -0.2) is 51.0 Å². The van der Waals surface area contributed by atoms with E-state index >= 15 is 0 Å². The molecule has 0 bridgehead atoms. The summed E-state index contributed by atoms with van der Waals surface area (Å²) in [6.45, 7) is 2.80. The molecular weight excluding hydrogens is 258 g/mol. The molecule has 2 fully saturated rings. The molecular formula is C15H27NO4. The van der Waals surface area contributed by atoms with Gasteiger partial charge in [0.1, 0.15) is 0 Å². The first-order valence-electron chi connectivity index (χ1n) is 7.67. The number of ether oxygens (including phenoxy) is 3. The van der Waals surface area contributed by atoms with Crippen molar-refractivity contribution in [3.8, 4) is 0 Å². The number of nitrogens with two attached hydrogens (primary N) is 1. The lowest BCUT2D eigenvalue weighted by Gasteiger charge is -2.43. The Hall–Kier alpha value is -0.490. The number of methoxy groups -OCH3 is 1.